The van der Waals surface area contributed by atoms with Crippen molar-refractivity contribution in [1.29, 1.82) is 0 Å². The fourth-order valence-corrected chi connectivity index (χ4v) is 2.41. The maximum atomic E-state index is 11.0. The Kier molecular flexibility index (Phi) is 3.26. The molecule has 0 aliphatic heterocycles. The van der Waals surface area contributed by atoms with Crippen LogP contribution in [-0.4, -0.2) is 17.1 Å². The maximum Gasteiger partial charge on any atom is 0.276 e. The van der Waals surface area contributed by atoms with Crippen molar-refractivity contribution >= 4 is 5.69 Å². The summed E-state index contributed by atoms with van der Waals surface area (Å²) in [5.41, 5.74) is 7.53. The molecule has 1 aliphatic rings. The van der Waals surface area contributed by atoms with Crippen LogP contribution in [-0.2, 0) is 0 Å². The fourth-order valence-electron chi connectivity index (χ4n) is 2.41. The van der Waals surface area contributed by atoms with Gasteiger partial charge in [0.05, 0.1) is 11.0 Å². The quantitative estimate of drug-likeness (QED) is 0.672. The summed E-state index contributed by atoms with van der Waals surface area (Å²) in [5.74, 6) is 0.585. The molecule has 1 aromatic carbocycles. The Labute approximate surface area is 112 Å². The van der Waals surface area contributed by atoms with Gasteiger partial charge >= 0.3 is 0 Å². The summed E-state index contributed by atoms with van der Waals surface area (Å²) in [6, 6.07) is 3.43. The number of nitro groups is 1. The van der Waals surface area contributed by atoms with E-state index >= 15 is 0 Å². The molecule has 1 aromatic rings. The van der Waals surface area contributed by atoms with E-state index in [0.717, 1.165) is 12.0 Å². The van der Waals surface area contributed by atoms with E-state index in [1.165, 1.54) is 6.07 Å². The lowest BCUT2D eigenvalue weighted by Crippen LogP contribution is -2.60. The molecular formula is C14H20N2O3. The molecule has 0 heterocycles. The summed E-state index contributed by atoms with van der Waals surface area (Å²) in [5, 5.41) is 11.0. The summed E-state index contributed by atoms with van der Waals surface area (Å²) in [6.45, 7) is 7.75. The molecule has 1 fully saturated rings. The zero-order chi connectivity index (χ0) is 14.4. The summed E-state index contributed by atoms with van der Waals surface area (Å²) in [4.78, 5) is 10.6. The van der Waals surface area contributed by atoms with Gasteiger partial charge in [-0.1, -0.05) is 13.8 Å². The van der Waals surface area contributed by atoms with Crippen molar-refractivity contribution in [2.24, 2.45) is 11.1 Å². The van der Waals surface area contributed by atoms with Gasteiger partial charge < -0.3 is 10.5 Å². The number of ether oxygens (including phenoxy) is 1. The van der Waals surface area contributed by atoms with Crippen molar-refractivity contribution in [3.8, 4) is 5.75 Å². The van der Waals surface area contributed by atoms with E-state index in [9.17, 15) is 10.1 Å². The average molecular weight is 264 g/mol. The molecule has 5 heteroatoms. The number of nitro benzene ring substituents is 1. The lowest BCUT2D eigenvalue weighted by molar-refractivity contribution is -0.385. The van der Waals surface area contributed by atoms with Gasteiger partial charge in [-0.15, -0.1) is 0 Å². The van der Waals surface area contributed by atoms with Gasteiger partial charge in [0.15, 0.2) is 0 Å². The first-order valence-corrected chi connectivity index (χ1v) is 6.41. The number of benzene rings is 1. The van der Waals surface area contributed by atoms with Crippen LogP contribution in [0.5, 0.6) is 5.75 Å². The average Bonchev–Trinajstić information content (AvgIpc) is 2.31. The van der Waals surface area contributed by atoms with Crippen LogP contribution in [0, 0.1) is 29.4 Å². The summed E-state index contributed by atoms with van der Waals surface area (Å²) in [7, 11) is 0. The Hall–Kier alpha value is -1.62. The lowest BCUT2D eigenvalue weighted by Gasteiger charge is -2.49. The van der Waals surface area contributed by atoms with Gasteiger partial charge in [-0.25, -0.2) is 0 Å². The largest absolute Gasteiger partial charge is 0.489 e. The molecule has 1 saturated carbocycles. The first-order chi connectivity index (χ1) is 8.73. The molecule has 104 valence electrons. The number of nitrogens with two attached hydrogens (primary N) is 1. The van der Waals surface area contributed by atoms with Gasteiger partial charge in [0, 0.05) is 23.4 Å². The van der Waals surface area contributed by atoms with Gasteiger partial charge in [0.2, 0.25) is 0 Å². The monoisotopic (exact) mass is 264 g/mol. The van der Waals surface area contributed by atoms with Crippen LogP contribution in [0.4, 0.5) is 5.69 Å². The third-order valence-electron chi connectivity index (χ3n) is 4.21. The van der Waals surface area contributed by atoms with Gasteiger partial charge in [-0.05, 0) is 25.5 Å². The molecule has 0 bridgehead atoms. The summed E-state index contributed by atoms with van der Waals surface area (Å²) >= 11 is 0. The van der Waals surface area contributed by atoms with E-state index in [2.05, 4.69) is 13.8 Å². The van der Waals surface area contributed by atoms with E-state index in [4.69, 9.17) is 10.5 Å². The Morgan fingerprint density at radius 1 is 1.37 bits per heavy atom. The van der Waals surface area contributed by atoms with Gasteiger partial charge in [0.1, 0.15) is 11.9 Å². The normalized spacial score (nSPS) is 24.7. The highest BCUT2D eigenvalue weighted by Crippen LogP contribution is 2.42. The second kappa shape index (κ2) is 4.49. The molecule has 2 N–H and O–H groups in total. The molecule has 0 amide bonds. The first-order valence-electron chi connectivity index (χ1n) is 6.41. The molecule has 0 radical (unpaired) electrons. The van der Waals surface area contributed by atoms with Crippen LogP contribution in [0.1, 0.15) is 31.4 Å². The molecular weight excluding hydrogens is 244 g/mol. The highest BCUT2D eigenvalue weighted by Gasteiger charge is 2.48. The van der Waals surface area contributed by atoms with E-state index in [0.29, 0.717) is 11.3 Å². The molecule has 0 spiro atoms. The third kappa shape index (κ3) is 2.30. The molecule has 2 atom stereocenters. The van der Waals surface area contributed by atoms with E-state index in [-0.39, 0.29) is 28.2 Å². The topological polar surface area (TPSA) is 78.4 Å². The Morgan fingerprint density at radius 2 is 2.00 bits per heavy atom. The molecule has 5 nitrogen and oxygen atoms in total. The van der Waals surface area contributed by atoms with E-state index < -0.39 is 0 Å². The lowest BCUT2D eigenvalue weighted by atomic mass is 9.65. The molecule has 19 heavy (non-hydrogen) atoms. The standard InChI is InChI=1S/C14H20N2O3/c1-8-5-9(2)11(6-10(8)16(17)18)19-13-7-12(15)14(13,3)4/h5-6,12-13H,7,15H2,1-4H3. The number of aryl methyl sites for hydroxylation is 2. The molecule has 1 aliphatic carbocycles. The minimum atomic E-state index is -0.376. The number of hydrogen-bond acceptors (Lipinski definition) is 4. The Morgan fingerprint density at radius 3 is 2.47 bits per heavy atom. The van der Waals surface area contributed by atoms with Crippen molar-refractivity contribution in [3.63, 3.8) is 0 Å². The number of hydrogen-bond donors (Lipinski definition) is 1. The van der Waals surface area contributed by atoms with Crippen LogP contribution in [0.25, 0.3) is 0 Å². The van der Waals surface area contributed by atoms with Crippen molar-refractivity contribution in [2.75, 3.05) is 0 Å². The van der Waals surface area contributed by atoms with Crippen LogP contribution in [0.2, 0.25) is 0 Å². The highest BCUT2D eigenvalue weighted by atomic mass is 16.6. The fraction of sp³-hybridized carbons (Fsp3) is 0.571. The minimum Gasteiger partial charge on any atom is -0.489 e. The Bertz CT molecular complexity index is 526. The smallest absolute Gasteiger partial charge is 0.276 e. The zero-order valence-corrected chi connectivity index (χ0v) is 11.8. The van der Waals surface area contributed by atoms with Gasteiger partial charge in [-0.3, -0.25) is 10.1 Å². The van der Waals surface area contributed by atoms with Crippen molar-refractivity contribution in [3.05, 3.63) is 33.4 Å². The minimum absolute atomic E-state index is 0.0171. The van der Waals surface area contributed by atoms with Crippen LogP contribution in [0.3, 0.4) is 0 Å². The summed E-state index contributed by atoms with van der Waals surface area (Å²) in [6.07, 6.45) is 0.803. The summed E-state index contributed by atoms with van der Waals surface area (Å²) < 4.78 is 5.93. The van der Waals surface area contributed by atoms with Crippen molar-refractivity contribution in [1.82, 2.24) is 0 Å². The van der Waals surface area contributed by atoms with Crippen LogP contribution < -0.4 is 10.5 Å². The Balaban J connectivity index is 2.26. The van der Waals surface area contributed by atoms with Gasteiger partial charge in [0.25, 0.3) is 5.69 Å². The van der Waals surface area contributed by atoms with E-state index in [1.807, 2.05) is 6.92 Å². The molecule has 2 rings (SSSR count). The maximum absolute atomic E-state index is 11.0. The molecule has 0 saturated heterocycles. The van der Waals surface area contributed by atoms with Gasteiger partial charge in [-0.2, -0.15) is 0 Å². The van der Waals surface area contributed by atoms with Crippen LogP contribution >= 0.6 is 0 Å². The first kappa shape index (κ1) is 13.8. The highest BCUT2D eigenvalue weighted by molar-refractivity contribution is 5.49. The molecule has 0 aromatic heterocycles. The van der Waals surface area contributed by atoms with E-state index in [1.54, 1.807) is 13.0 Å². The van der Waals surface area contributed by atoms with Crippen molar-refractivity contribution in [2.45, 2.75) is 46.3 Å². The predicted octanol–water partition coefficient (Wildman–Crippen LogP) is 2.72. The van der Waals surface area contributed by atoms with Crippen LogP contribution in [0.15, 0.2) is 12.1 Å². The third-order valence-corrected chi connectivity index (χ3v) is 4.21. The second-order valence-electron chi connectivity index (χ2n) is 5.93. The SMILES string of the molecule is Cc1cc(C)c([N+](=O)[O-])cc1OC1CC(N)C1(C)C. The number of nitrogens with zero attached hydrogens (tertiary/aromatic N) is 1. The van der Waals surface area contributed by atoms with Crippen molar-refractivity contribution < 1.29 is 9.66 Å². The number of rotatable bonds is 3. The molecule has 2 unspecified atom stereocenters. The second-order valence-corrected chi connectivity index (χ2v) is 5.93. The zero-order valence-electron chi connectivity index (χ0n) is 11.8. The predicted molar refractivity (Wildman–Crippen MR) is 73.4 cm³/mol.